The number of likely N-dealkylation sites (tertiary alicyclic amines) is 1. The minimum Gasteiger partial charge on any atom is -0.310 e. The van der Waals surface area contributed by atoms with Gasteiger partial charge in [-0.3, -0.25) is 4.90 Å². The normalized spacial score (nSPS) is 30.6. The summed E-state index contributed by atoms with van der Waals surface area (Å²) in [5.41, 5.74) is 0. The Bertz CT molecular complexity index is 361. The predicted molar refractivity (Wildman–Crippen MR) is 68.9 cm³/mol. The van der Waals surface area contributed by atoms with Crippen LogP contribution in [0.15, 0.2) is 12.1 Å². The summed E-state index contributed by atoms with van der Waals surface area (Å²) in [6.07, 6.45) is 4.11. The van der Waals surface area contributed by atoms with E-state index in [1.165, 1.54) is 42.1 Å². The first-order chi connectivity index (χ1) is 7.79. The summed E-state index contributed by atoms with van der Waals surface area (Å²) in [4.78, 5) is 5.59. The molecule has 3 rings (SSSR count). The Hall–Kier alpha value is -0.380. The van der Waals surface area contributed by atoms with Crippen molar-refractivity contribution in [1.29, 1.82) is 0 Å². The molecule has 2 nitrogen and oxygen atoms in total. The molecule has 2 aliphatic rings. The molecule has 2 saturated heterocycles. The highest BCUT2D eigenvalue weighted by Gasteiger charge is 2.29. The lowest BCUT2D eigenvalue weighted by Crippen LogP contribution is -2.34. The predicted octanol–water partition coefficient (Wildman–Crippen LogP) is 2.38. The van der Waals surface area contributed by atoms with Crippen LogP contribution in [-0.4, -0.2) is 30.1 Å². The smallest absolute Gasteiger partial charge is 0.0328 e. The molecule has 1 N–H and O–H groups in total. The molecule has 0 radical (unpaired) electrons. The molecular weight excluding hydrogens is 216 g/mol. The highest BCUT2D eigenvalue weighted by molar-refractivity contribution is 7.11. The van der Waals surface area contributed by atoms with Gasteiger partial charge in [-0.2, -0.15) is 0 Å². The summed E-state index contributed by atoms with van der Waals surface area (Å²) >= 11 is 1.95. The Balaban J connectivity index is 1.63. The molecule has 2 aliphatic heterocycles. The Kier molecular flexibility index (Phi) is 3.01. The van der Waals surface area contributed by atoms with Crippen LogP contribution in [0.3, 0.4) is 0 Å². The minimum atomic E-state index is 0.758. The topological polar surface area (TPSA) is 15.3 Å². The molecule has 2 bridgehead atoms. The van der Waals surface area contributed by atoms with Gasteiger partial charge < -0.3 is 5.32 Å². The van der Waals surface area contributed by atoms with E-state index in [-0.39, 0.29) is 0 Å². The van der Waals surface area contributed by atoms with Crippen LogP contribution in [0.5, 0.6) is 0 Å². The summed E-state index contributed by atoms with van der Waals surface area (Å²) in [6, 6.07) is 6.09. The molecule has 3 heterocycles. The van der Waals surface area contributed by atoms with E-state index in [4.69, 9.17) is 0 Å². The van der Waals surface area contributed by atoms with Crippen molar-refractivity contribution in [2.24, 2.45) is 0 Å². The average Bonchev–Trinajstić information content (AvgIpc) is 2.77. The zero-order valence-electron chi connectivity index (χ0n) is 9.91. The van der Waals surface area contributed by atoms with Crippen LogP contribution in [0.25, 0.3) is 0 Å². The molecule has 0 saturated carbocycles. The van der Waals surface area contributed by atoms with E-state index in [1.807, 2.05) is 11.3 Å². The van der Waals surface area contributed by atoms with Crippen molar-refractivity contribution >= 4 is 11.3 Å². The molecule has 88 valence electrons. The van der Waals surface area contributed by atoms with Gasteiger partial charge in [-0.05, 0) is 38.3 Å². The van der Waals surface area contributed by atoms with Gasteiger partial charge in [-0.15, -0.1) is 11.3 Å². The molecule has 3 heteroatoms. The van der Waals surface area contributed by atoms with Gasteiger partial charge in [-0.1, -0.05) is 0 Å². The average molecular weight is 236 g/mol. The van der Waals surface area contributed by atoms with Gasteiger partial charge >= 0.3 is 0 Å². The van der Waals surface area contributed by atoms with Gasteiger partial charge in [0.1, 0.15) is 0 Å². The number of hydrogen-bond donors (Lipinski definition) is 1. The number of rotatable bonds is 2. The first-order valence-corrected chi connectivity index (χ1v) is 7.15. The van der Waals surface area contributed by atoms with E-state index < -0.39 is 0 Å². The van der Waals surface area contributed by atoms with E-state index >= 15 is 0 Å². The lowest BCUT2D eigenvalue weighted by molar-refractivity contribution is 0.253. The van der Waals surface area contributed by atoms with Crippen molar-refractivity contribution in [1.82, 2.24) is 10.2 Å². The lowest BCUT2D eigenvalue weighted by atomic mass is 10.1. The first-order valence-electron chi connectivity index (χ1n) is 6.33. The molecule has 2 unspecified atom stereocenters. The fourth-order valence-corrected chi connectivity index (χ4v) is 3.88. The SMILES string of the molecule is Cc1ccc(CN2CCC3CCC(C2)N3)s1. The Labute approximate surface area is 102 Å². The minimum absolute atomic E-state index is 0.758. The third kappa shape index (κ3) is 2.31. The Morgan fingerprint density at radius 3 is 3.00 bits per heavy atom. The van der Waals surface area contributed by atoms with Crippen LogP contribution in [-0.2, 0) is 6.54 Å². The molecule has 16 heavy (non-hydrogen) atoms. The van der Waals surface area contributed by atoms with Gasteiger partial charge in [0.15, 0.2) is 0 Å². The van der Waals surface area contributed by atoms with E-state index in [1.54, 1.807) is 0 Å². The van der Waals surface area contributed by atoms with Crippen molar-refractivity contribution in [3.05, 3.63) is 21.9 Å². The largest absolute Gasteiger partial charge is 0.310 e. The maximum Gasteiger partial charge on any atom is 0.0328 e. The zero-order chi connectivity index (χ0) is 11.0. The standard InChI is InChI=1S/C13H20N2S/c1-10-2-5-13(16-10)9-15-7-6-11-3-4-12(8-15)14-11/h2,5,11-12,14H,3-4,6-9H2,1H3. The zero-order valence-corrected chi connectivity index (χ0v) is 10.7. The van der Waals surface area contributed by atoms with Crippen molar-refractivity contribution in [2.75, 3.05) is 13.1 Å². The Morgan fingerprint density at radius 1 is 1.31 bits per heavy atom. The maximum atomic E-state index is 3.74. The second-order valence-electron chi connectivity index (χ2n) is 5.17. The summed E-state index contributed by atoms with van der Waals surface area (Å²) in [7, 11) is 0. The van der Waals surface area contributed by atoms with Gasteiger partial charge in [-0.25, -0.2) is 0 Å². The Morgan fingerprint density at radius 2 is 2.19 bits per heavy atom. The van der Waals surface area contributed by atoms with Crippen molar-refractivity contribution in [3.63, 3.8) is 0 Å². The molecule has 0 aliphatic carbocycles. The summed E-state index contributed by atoms with van der Waals surface area (Å²) in [5.74, 6) is 0. The van der Waals surface area contributed by atoms with Crippen LogP contribution < -0.4 is 5.32 Å². The lowest BCUT2D eigenvalue weighted by Gasteiger charge is -2.23. The number of nitrogens with one attached hydrogen (secondary N) is 1. The second-order valence-corrected chi connectivity index (χ2v) is 6.55. The number of aryl methyl sites for hydroxylation is 1. The highest BCUT2D eigenvalue weighted by atomic mass is 32.1. The van der Waals surface area contributed by atoms with E-state index in [0.29, 0.717) is 0 Å². The van der Waals surface area contributed by atoms with Crippen molar-refractivity contribution in [2.45, 2.75) is 44.8 Å². The van der Waals surface area contributed by atoms with Crippen LogP contribution in [0.4, 0.5) is 0 Å². The molecule has 0 spiro atoms. The summed E-state index contributed by atoms with van der Waals surface area (Å²) in [6.45, 7) is 5.86. The van der Waals surface area contributed by atoms with Crippen molar-refractivity contribution in [3.8, 4) is 0 Å². The quantitative estimate of drug-likeness (QED) is 0.848. The first kappa shape index (κ1) is 10.8. The van der Waals surface area contributed by atoms with Gasteiger partial charge in [0, 0.05) is 41.5 Å². The van der Waals surface area contributed by atoms with Crippen molar-refractivity contribution < 1.29 is 0 Å². The maximum absolute atomic E-state index is 3.74. The summed E-state index contributed by atoms with van der Waals surface area (Å²) in [5, 5.41) is 3.74. The molecule has 1 aromatic heterocycles. The number of thiophene rings is 1. The number of nitrogens with zero attached hydrogens (tertiary/aromatic N) is 1. The van der Waals surface area contributed by atoms with E-state index in [2.05, 4.69) is 29.3 Å². The van der Waals surface area contributed by atoms with Crippen LogP contribution in [0.1, 0.15) is 29.0 Å². The van der Waals surface area contributed by atoms with E-state index in [9.17, 15) is 0 Å². The van der Waals surface area contributed by atoms with Gasteiger partial charge in [0.2, 0.25) is 0 Å². The molecular formula is C13H20N2S. The number of hydrogen-bond acceptors (Lipinski definition) is 3. The third-order valence-electron chi connectivity index (χ3n) is 3.78. The van der Waals surface area contributed by atoms with Crippen LogP contribution in [0, 0.1) is 6.92 Å². The molecule has 2 atom stereocenters. The van der Waals surface area contributed by atoms with E-state index in [0.717, 1.165) is 18.6 Å². The third-order valence-corrected chi connectivity index (χ3v) is 4.77. The molecule has 0 aromatic carbocycles. The fourth-order valence-electron chi connectivity index (χ4n) is 2.95. The highest BCUT2D eigenvalue weighted by Crippen LogP contribution is 2.23. The second kappa shape index (κ2) is 4.47. The number of fused-ring (bicyclic) bond motifs is 2. The fraction of sp³-hybridized carbons (Fsp3) is 0.692. The van der Waals surface area contributed by atoms with Crippen LogP contribution in [0.2, 0.25) is 0 Å². The van der Waals surface area contributed by atoms with Gasteiger partial charge in [0.25, 0.3) is 0 Å². The molecule has 2 fully saturated rings. The molecule has 0 amide bonds. The summed E-state index contributed by atoms with van der Waals surface area (Å²) < 4.78 is 0. The van der Waals surface area contributed by atoms with Crippen LogP contribution >= 0.6 is 11.3 Å². The molecule has 1 aromatic rings. The monoisotopic (exact) mass is 236 g/mol. The van der Waals surface area contributed by atoms with Gasteiger partial charge in [0.05, 0.1) is 0 Å².